The summed E-state index contributed by atoms with van der Waals surface area (Å²) >= 11 is 0. The highest BCUT2D eigenvalue weighted by Crippen LogP contribution is 2.47. The Labute approximate surface area is 193 Å². The van der Waals surface area contributed by atoms with E-state index < -0.39 is 17.8 Å². The number of ether oxygens (including phenoxy) is 2. The number of aromatic hydroxyl groups is 1. The first-order chi connectivity index (χ1) is 15.8. The second-order valence-electron chi connectivity index (χ2n) is 8.81. The number of benzene rings is 2. The van der Waals surface area contributed by atoms with Crippen LogP contribution in [0.1, 0.15) is 50.2 Å². The van der Waals surface area contributed by atoms with Gasteiger partial charge < -0.3 is 19.9 Å². The predicted octanol–water partition coefficient (Wildman–Crippen LogP) is 4.57. The number of carbonyl (C=O) groups excluding carboxylic acids is 2. The van der Waals surface area contributed by atoms with Crippen LogP contribution in [0, 0.1) is 5.92 Å². The highest BCUT2D eigenvalue weighted by atomic mass is 16.5. The van der Waals surface area contributed by atoms with Gasteiger partial charge in [-0.15, -0.1) is 0 Å². The second-order valence-corrected chi connectivity index (χ2v) is 8.81. The number of methoxy groups -OCH3 is 1. The van der Waals surface area contributed by atoms with Gasteiger partial charge in [0.1, 0.15) is 5.78 Å². The van der Waals surface area contributed by atoms with Crippen molar-refractivity contribution < 1.29 is 24.2 Å². The Balaban J connectivity index is 1.85. The largest absolute Gasteiger partial charge is 0.504 e. The van der Waals surface area contributed by atoms with Crippen LogP contribution in [0.3, 0.4) is 0 Å². The van der Waals surface area contributed by atoms with Gasteiger partial charge in [-0.2, -0.15) is 0 Å². The molecule has 0 fully saturated rings. The third-order valence-corrected chi connectivity index (χ3v) is 6.22. The summed E-state index contributed by atoms with van der Waals surface area (Å²) in [7, 11) is 1.47. The van der Waals surface area contributed by atoms with Gasteiger partial charge in [0.05, 0.1) is 24.7 Å². The lowest BCUT2D eigenvalue weighted by Gasteiger charge is -2.39. The minimum absolute atomic E-state index is 0.00271. The number of esters is 1. The van der Waals surface area contributed by atoms with Crippen molar-refractivity contribution >= 4 is 11.8 Å². The van der Waals surface area contributed by atoms with E-state index >= 15 is 0 Å². The van der Waals surface area contributed by atoms with Gasteiger partial charge in [0.2, 0.25) is 0 Å². The molecule has 3 unspecified atom stereocenters. The van der Waals surface area contributed by atoms with Crippen LogP contribution in [0.15, 0.2) is 71.6 Å². The molecule has 2 aliphatic rings. The molecule has 1 aliphatic carbocycles. The lowest BCUT2D eigenvalue weighted by molar-refractivity contribution is -0.143. The van der Waals surface area contributed by atoms with Crippen LogP contribution in [-0.2, 0) is 14.3 Å². The van der Waals surface area contributed by atoms with E-state index in [1.54, 1.807) is 26.0 Å². The number of hydrogen-bond acceptors (Lipinski definition) is 6. The Kier molecular flexibility index (Phi) is 6.27. The number of hydrogen-bond donors (Lipinski definition) is 2. The van der Waals surface area contributed by atoms with Crippen molar-refractivity contribution in [2.45, 2.75) is 45.1 Å². The van der Waals surface area contributed by atoms with Crippen molar-refractivity contribution in [2.24, 2.45) is 5.92 Å². The van der Waals surface area contributed by atoms with Gasteiger partial charge in [-0.05, 0) is 44.0 Å². The van der Waals surface area contributed by atoms with Crippen LogP contribution in [0.4, 0.5) is 0 Å². The summed E-state index contributed by atoms with van der Waals surface area (Å²) in [6, 6.07) is 14.9. The number of ketones is 1. The number of fused-ring (bicyclic) bond motifs is 1. The molecular formula is C27H29NO5. The quantitative estimate of drug-likeness (QED) is 0.653. The van der Waals surface area contributed by atoms with Crippen LogP contribution < -0.4 is 10.1 Å². The fourth-order valence-electron chi connectivity index (χ4n) is 4.78. The van der Waals surface area contributed by atoms with Crippen molar-refractivity contribution in [1.29, 1.82) is 0 Å². The van der Waals surface area contributed by atoms with Crippen LogP contribution in [-0.4, -0.2) is 30.1 Å². The molecule has 6 heteroatoms. The maximum absolute atomic E-state index is 13.6. The Hall–Kier alpha value is -3.54. The summed E-state index contributed by atoms with van der Waals surface area (Å²) in [4.78, 5) is 26.7. The third-order valence-electron chi connectivity index (χ3n) is 6.22. The predicted molar refractivity (Wildman–Crippen MR) is 125 cm³/mol. The molecule has 0 saturated carbocycles. The van der Waals surface area contributed by atoms with Gasteiger partial charge in [-0.1, -0.05) is 42.5 Å². The number of Topliss-reactive ketones (excluding diaryl/α,β-unsaturated/α-hetero) is 1. The molecule has 0 bridgehead atoms. The maximum Gasteiger partial charge on any atom is 0.336 e. The zero-order chi connectivity index (χ0) is 23.7. The van der Waals surface area contributed by atoms with Gasteiger partial charge in [0.15, 0.2) is 11.5 Å². The average molecular weight is 448 g/mol. The van der Waals surface area contributed by atoms with E-state index in [1.165, 1.54) is 13.2 Å². The molecule has 2 N–H and O–H groups in total. The number of nitrogens with one attached hydrogen (secondary N) is 1. The fourth-order valence-corrected chi connectivity index (χ4v) is 4.78. The van der Waals surface area contributed by atoms with Crippen LogP contribution >= 0.6 is 0 Å². The van der Waals surface area contributed by atoms with Crippen molar-refractivity contribution in [1.82, 2.24) is 5.32 Å². The fraction of sp³-hybridized carbons (Fsp3) is 0.333. The van der Waals surface area contributed by atoms with Crippen molar-refractivity contribution in [3.63, 3.8) is 0 Å². The van der Waals surface area contributed by atoms with E-state index in [4.69, 9.17) is 9.47 Å². The molecule has 0 spiro atoms. The average Bonchev–Trinajstić information content (AvgIpc) is 2.78. The zero-order valence-electron chi connectivity index (χ0n) is 19.3. The van der Waals surface area contributed by atoms with Gasteiger partial charge in [-0.25, -0.2) is 4.79 Å². The molecule has 3 atom stereocenters. The Morgan fingerprint density at radius 1 is 1.09 bits per heavy atom. The highest BCUT2D eigenvalue weighted by molar-refractivity contribution is 5.96. The highest BCUT2D eigenvalue weighted by Gasteiger charge is 2.45. The topological polar surface area (TPSA) is 84.9 Å². The minimum Gasteiger partial charge on any atom is -0.504 e. The summed E-state index contributed by atoms with van der Waals surface area (Å²) in [5.74, 6) is -1.27. The number of phenols is 1. The van der Waals surface area contributed by atoms with E-state index in [9.17, 15) is 14.7 Å². The third kappa shape index (κ3) is 4.38. The first-order valence-corrected chi connectivity index (χ1v) is 11.1. The van der Waals surface area contributed by atoms with E-state index in [1.807, 2.05) is 37.3 Å². The first kappa shape index (κ1) is 22.6. The summed E-state index contributed by atoms with van der Waals surface area (Å²) in [6.07, 6.45) is 2.14. The van der Waals surface area contributed by atoms with Crippen molar-refractivity contribution in [3.05, 3.63) is 82.7 Å². The Bertz CT molecular complexity index is 1130. The summed E-state index contributed by atoms with van der Waals surface area (Å²) in [6.45, 7) is 5.42. The second kappa shape index (κ2) is 9.14. The lowest BCUT2D eigenvalue weighted by atomic mass is 9.68. The van der Waals surface area contributed by atoms with Gasteiger partial charge >= 0.3 is 5.97 Å². The monoisotopic (exact) mass is 447 g/mol. The number of rotatable bonds is 5. The normalized spacial score (nSPS) is 22.4. The molecule has 0 radical (unpaired) electrons. The van der Waals surface area contributed by atoms with Crippen LogP contribution in [0.2, 0.25) is 0 Å². The molecule has 0 saturated heterocycles. The molecule has 2 aromatic carbocycles. The molecule has 6 nitrogen and oxygen atoms in total. The molecule has 33 heavy (non-hydrogen) atoms. The van der Waals surface area contributed by atoms with E-state index in [0.29, 0.717) is 23.3 Å². The molecule has 0 amide bonds. The van der Waals surface area contributed by atoms with Gasteiger partial charge in [0.25, 0.3) is 0 Å². The minimum atomic E-state index is -0.558. The standard InChI is InChI=1S/C27H29NO5/c1-15(2)33-27(31)24-16(3)28-20-12-19(17-8-6-5-7-9-17)13-22(30)26(20)25(24)18-10-11-21(29)23(14-18)32-4/h5-12,14-15,19,25-26,28-29H,13H2,1-4H3. The molecule has 2 aromatic rings. The molecule has 0 aromatic heterocycles. The molecule has 1 heterocycles. The first-order valence-electron chi connectivity index (χ1n) is 11.1. The SMILES string of the molecule is COc1cc(C2C(C(=O)OC(C)C)=C(C)NC3=CC(c4ccccc4)CC(=O)C32)ccc1O. The Morgan fingerprint density at radius 3 is 2.48 bits per heavy atom. The lowest BCUT2D eigenvalue weighted by Crippen LogP contribution is -2.42. The molecule has 172 valence electrons. The number of phenolic OH excluding ortho intramolecular Hbond substituents is 1. The van der Waals surface area contributed by atoms with Crippen LogP contribution in [0.25, 0.3) is 0 Å². The van der Waals surface area contributed by atoms with Gasteiger partial charge in [-0.3, -0.25) is 4.79 Å². The van der Waals surface area contributed by atoms with E-state index in [2.05, 4.69) is 11.4 Å². The van der Waals surface area contributed by atoms with E-state index in [0.717, 1.165) is 11.3 Å². The van der Waals surface area contributed by atoms with Crippen molar-refractivity contribution in [3.8, 4) is 11.5 Å². The zero-order valence-corrected chi connectivity index (χ0v) is 19.3. The van der Waals surface area contributed by atoms with E-state index in [-0.39, 0.29) is 29.3 Å². The Morgan fingerprint density at radius 2 is 1.82 bits per heavy atom. The number of carbonyl (C=O) groups is 2. The summed E-state index contributed by atoms with van der Waals surface area (Å²) in [5, 5.41) is 13.4. The smallest absolute Gasteiger partial charge is 0.336 e. The summed E-state index contributed by atoms with van der Waals surface area (Å²) < 4.78 is 10.9. The number of allylic oxidation sites excluding steroid dienone is 3. The molecule has 1 aliphatic heterocycles. The molecule has 4 rings (SSSR count). The maximum atomic E-state index is 13.6. The van der Waals surface area contributed by atoms with Crippen LogP contribution in [0.5, 0.6) is 11.5 Å². The summed E-state index contributed by atoms with van der Waals surface area (Å²) in [5.41, 5.74) is 3.65. The molecular weight excluding hydrogens is 418 g/mol. The van der Waals surface area contributed by atoms with Gasteiger partial charge in [0, 0.05) is 29.7 Å². The van der Waals surface area contributed by atoms with Crippen molar-refractivity contribution in [2.75, 3.05) is 7.11 Å².